The molecule has 0 aromatic heterocycles. The van der Waals surface area contributed by atoms with Gasteiger partial charge in [-0.15, -0.1) is 0 Å². The smallest absolute Gasteiger partial charge is 0.163 e. The molecule has 0 aromatic carbocycles. The summed E-state index contributed by atoms with van der Waals surface area (Å²) in [6.07, 6.45) is 19.0. The summed E-state index contributed by atoms with van der Waals surface area (Å²) in [6, 6.07) is 0.941. The van der Waals surface area contributed by atoms with Crippen LogP contribution in [0.2, 0.25) is 0 Å². The van der Waals surface area contributed by atoms with Crippen molar-refractivity contribution in [2.45, 2.75) is 200 Å². The molecule has 12 rings (SSSR count). The van der Waals surface area contributed by atoms with Crippen LogP contribution in [-0.2, 0) is 23.9 Å². The van der Waals surface area contributed by atoms with E-state index in [0.717, 1.165) is 100 Å². The number of fused-ring (bicyclic) bond motifs is 12. The Morgan fingerprint density at radius 1 is 0.590 bits per heavy atom. The first-order chi connectivity index (χ1) is 29.1. The van der Waals surface area contributed by atoms with E-state index in [0.29, 0.717) is 95.2 Å². The number of rotatable bonds is 0. The third kappa shape index (κ3) is 5.95. The number of Topliss-reactive ketones (excluding diaryl/α,β-unsaturated/α-hetero) is 3. The lowest BCUT2D eigenvalue weighted by molar-refractivity contribution is -0.138. The van der Waals surface area contributed by atoms with Crippen LogP contribution in [0.1, 0.15) is 165 Å². The number of piperidine rings is 2. The van der Waals surface area contributed by atoms with Gasteiger partial charge in [-0.3, -0.25) is 14.4 Å². The van der Waals surface area contributed by atoms with Crippen LogP contribution >= 0.6 is 0 Å². The minimum atomic E-state index is -0.260. The van der Waals surface area contributed by atoms with Gasteiger partial charge >= 0.3 is 0 Å². The van der Waals surface area contributed by atoms with E-state index in [-0.39, 0.29) is 28.6 Å². The SMILES string of the molecule is CC1=C2C(=O)[C@H]3[C@@H](CC[C@@H]4CC(=O)CC[C@@]43C)[C@@H]2CC[C@]12O[C@@H]1C[C@H](C)CN[C@H]1[C@H]2C.CC1=C2C[C@H]3[C@@H](CC[C@@H]4CC(=O)CC[C@@]43C)[C@@H]2CC[C@]12O[C@@H]1C[C@H](C)CN[C@H]1[C@H]2C. The molecule has 7 nitrogen and oxygen atoms in total. The van der Waals surface area contributed by atoms with Crippen LogP contribution in [-0.4, -0.2) is 65.9 Å². The largest absolute Gasteiger partial charge is 0.365 e. The molecule has 10 fully saturated rings. The van der Waals surface area contributed by atoms with E-state index in [1.54, 1.807) is 11.1 Å². The second kappa shape index (κ2) is 14.7. The van der Waals surface area contributed by atoms with Gasteiger partial charge in [-0.25, -0.2) is 0 Å². The average molecular weight is 837 g/mol. The summed E-state index contributed by atoms with van der Waals surface area (Å²) in [5.41, 5.74) is 5.95. The van der Waals surface area contributed by atoms with E-state index < -0.39 is 0 Å². The fraction of sp³-hybridized carbons (Fsp3) is 0.870. The zero-order valence-electron chi connectivity index (χ0n) is 39.2. The second-order valence-electron chi connectivity index (χ2n) is 24.7. The minimum absolute atomic E-state index is 0.0127. The molecule has 4 saturated heterocycles. The Morgan fingerprint density at radius 2 is 1.11 bits per heavy atom. The maximum Gasteiger partial charge on any atom is 0.163 e. The summed E-state index contributed by atoms with van der Waals surface area (Å²) < 4.78 is 14.0. The third-order valence-electron chi connectivity index (χ3n) is 22.3. The lowest BCUT2D eigenvalue weighted by atomic mass is 9.52. The van der Waals surface area contributed by atoms with E-state index in [4.69, 9.17) is 9.47 Å². The zero-order chi connectivity index (χ0) is 42.5. The van der Waals surface area contributed by atoms with Crippen LogP contribution in [0.5, 0.6) is 0 Å². The van der Waals surface area contributed by atoms with Crippen LogP contribution in [0.15, 0.2) is 22.3 Å². The summed E-state index contributed by atoms with van der Waals surface area (Å²) in [7, 11) is 0. The molecule has 4 heterocycles. The normalized spacial score (nSPS) is 54.6. The summed E-state index contributed by atoms with van der Waals surface area (Å²) in [6.45, 7) is 21.3. The summed E-state index contributed by atoms with van der Waals surface area (Å²) >= 11 is 0. The number of carbonyl (C=O) groups excluding carboxylic acids is 3. The summed E-state index contributed by atoms with van der Waals surface area (Å²) in [5.74, 6) is 8.25. The minimum Gasteiger partial charge on any atom is -0.365 e. The first kappa shape index (κ1) is 42.0. The van der Waals surface area contributed by atoms with Crippen molar-refractivity contribution in [3.05, 3.63) is 22.3 Å². The van der Waals surface area contributed by atoms with Gasteiger partial charge in [-0.05, 0) is 186 Å². The number of hydrogen-bond acceptors (Lipinski definition) is 7. The quantitative estimate of drug-likeness (QED) is 0.235. The third-order valence-corrected chi connectivity index (χ3v) is 22.3. The van der Waals surface area contributed by atoms with Crippen molar-refractivity contribution in [2.24, 2.45) is 81.8 Å². The number of nitrogens with one attached hydrogen (secondary N) is 2. The van der Waals surface area contributed by atoms with Crippen molar-refractivity contribution in [1.29, 1.82) is 0 Å². The van der Waals surface area contributed by atoms with E-state index in [2.05, 4.69) is 66.0 Å². The lowest BCUT2D eigenvalue weighted by Crippen LogP contribution is -2.49. The number of ketones is 3. The maximum atomic E-state index is 14.1. The highest BCUT2D eigenvalue weighted by molar-refractivity contribution is 6.02. The van der Waals surface area contributed by atoms with E-state index >= 15 is 0 Å². The van der Waals surface area contributed by atoms with Gasteiger partial charge in [0.2, 0.25) is 0 Å². The van der Waals surface area contributed by atoms with Crippen molar-refractivity contribution in [3.8, 4) is 0 Å². The Kier molecular flexibility index (Phi) is 10.1. The van der Waals surface area contributed by atoms with Gasteiger partial charge in [0.05, 0.1) is 23.4 Å². The Bertz CT molecular complexity index is 1920. The zero-order valence-corrected chi connectivity index (χ0v) is 39.2. The lowest BCUT2D eigenvalue weighted by Gasteiger charge is -2.52. The fourth-order valence-corrected chi connectivity index (χ4v) is 18.8. The molecule has 0 unspecified atom stereocenters. The van der Waals surface area contributed by atoms with Crippen molar-refractivity contribution < 1.29 is 23.9 Å². The predicted molar refractivity (Wildman–Crippen MR) is 238 cm³/mol. The highest BCUT2D eigenvalue weighted by Gasteiger charge is 2.65. The first-order valence-electron chi connectivity index (χ1n) is 25.9. The fourth-order valence-electron chi connectivity index (χ4n) is 18.8. The molecule has 4 aliphatic heterocycles. The number of allylic oxidation sites excluding steroid dienone is 2. The van der Waals surface area contributed by atoms with E-state index in [1.807, 2.05) is 0 Å². The van der Waals surface area contributed by atoms with Crippen LogP contribution in [0.3, 0.4) is 0 Å². The molecule has 2 spiro atoms. The Balaban J connectivity index is 0.000000138. The molecule has 8 aliphatic carbocycles. The average Bonchev–Trinajstić information content (AvgIpc) is 3.93. The molecule has 6 saturated carbocycles. The van der Waals surface area contributed by atoms with E-state index in [1.165, 1.54) is 44.1 Å². The molecule has 0 amide bonds. The molecule has 336 valence electrons. The highest BCUT2D eigenvalue weighted by Crippen LogP contribution is 2.67. The second-order valence-corrected chi connectivity index (χ2v) is 24.7. The van der Waals surface area contributed by atoms with Crippen molar-refractivity contribution in [3.63, 3.8) is 0 Å². The number of carbonyl (C=O) groups is 3. The van der Waals surface area contributed by atoms with Crippen LogP contribution in [0.25, 0.3) is 0 Å². The Labute approximate surface area is 367 Å². The van der Waals surface area contributed by atoms with Crippen LogP contribution in [0.4, 0.5) is 0 Å². The van der Waals surface area contributed by atoms with Crippen molar-refractivity contribution in [1.82, 2.24) is 10.6 Å². The Morgan fingerprint density at radius 3 is 1.72 bits per heavy atom. The number of hydrogen-bond donors (Lipinski definition) is 2. The predicted octanol–water partition coefficient (Wildman–Crippen LogP) is 9.76. The Hall–Kier alpha value is -1.67. The molecule has 12 aliphatic rings. The molecular weight excluding hydrogens is 757 g/mol. The van der Waals surface area contributed by atoms with Gasteiger partial charge in [-0.2, -0.15) is 0 Å². The van der Waals surface area contributed by atoms with Crippen LogP contribution < -0.4 is 10.6 Å². The van der Waals surface area contributed by atoms with Crippen LogP contribution in [0, 0.1) is 81.8 Å². The molecule has 7 heteroatoms. The molecular formula is C54H80N2O5. The van der Waals surface area contributed by atoms with Gasteiger partial charge in [0.15, 0.2) is 5.78 Å². The molecule has 0 aromatic rings. The van der Waals surface area contributed by atoms with Gasteiger partial charge in [-0.1, -0.05) is 47.1 Å². The van der Waals surface area contributed by atoms with Gasteiger partial charge in [0.25, 0.3) is 0 Å². The molecule has 2 N–H and O–H groups in total. The first-order valence-corrected chi connectivity index (χ1v) is 25.9. The highest BCUT2D eigenvalue weighted by atomic mass is 16.5. The topological polar surface area (TPSA) is 93.7 Å². The molecule has 0 radical (unpaired) electrons. The van der Waals surface area contributed by atoms with Crippen molar-refractivity contribution in [2.75, 3.05) is 13.1 Å². The van der Waals surface area contributed by atoms with Gasteiger partial charge in [0.1, 0.15) is 11.6 Å². The standard InChI is InChI=1S/C27H39NO3.C27H41NO2/c1-14-11-21-24(28-13-14)16(3)27(31-21)10-8-19-20-6-5-17-12-18(29)7-9-26(17,4)23(20)25(30)22(19)15(27)2;1-15-11-24-25(28-14-15)17(3)27(30-24)10-8-20-21-6-5-18-12-19(29)7-9-26(18,4)23(21)13-22(20)16(27)2/h14,16-17,19-21,23-24,28H,5-13H2,1-4H3;15,17-18,20-21,23-25,28H,5-14H2,1-4H3/t14-,16+,17+,19-,20-,21+,23+,24-,26-,27-;15-,17+,18+,20-,21-,23-,24+,25-,26-,27-/m00/s1. The monoisotopic (exact) mass is 837 g/mol. The molecule has 20 atom stereocenters. The molecule has 0 bridgehead atoms. The maximum absolute atomic E-state index is 14.1. The number of ether oxygens (including phenoxy) is 2. The molecule has 61 heavy (non-hydrogen) atoms. The summed E-state index contributed by atoms with van der Waals surface area (Å²) in [5, 5.41) is 7.63. The van der Waals surface area contributed by atoms with Gasteiger partial charge < -0.3 is 20.1 Å². The van der Waals surface area contributed by atoms with E-state index in [9.17, 15) is 14.4 Å². The van der Waals surface area contributed by atoms with Gasteiger partial charge in [0, 0.05) is 61.1 Å². The van der Waals surface area contributed by atoms with Crippen molar-refractivity contribution >= 4 is 17.3 Å². The summed E-state index contributed by atoms with van der Waals surface area (Å²) in [4.78, 5) is 38.5.